The van der Waals surface area contributed by atoms with Gasteiger partial charge in [0, 0.05) is 14.1 Å². The van der Waals surface area contributed by atoms with Crippen molar-refractivity contribution in [1.82, 2.24) is 24.6 Å². The highest BCUT2D eigenvalue weighted by Gasteiger charge is 2.65. The lowest BCUT2D eigenvalue weighted by Gasteiger charge is -2.30. The van der Waals surface area contributed by atoms with Crippen LogP contribution in [0.25, 0.3) is 11.2 Å². The van der Waals surface area contributed by atoms with Gasteiger partial charge in [-0.15, -0.1) is 0 Å². The third-order valence-corrected chi connectivity index (χ3v) is 8.86. The van der Waals surface area contributed by atoms with E-state index >= 15 is 8.78 Å². The first-order chi connectivity index (χ1) is 19.6. The van der Waals surface area contributed by atoms with Gasteiger partial charge in [0.25, 0.3) is 5.85 Å². The summed E-state index contributed by atoms with van der Waals surface area (Å²) in [5.74, 6) is -2.59. The monoisotopic (exact) mass is 628 g/mol. The number of esters is 1. The number of ether oxygens (including phenoxy) is 2. The molecule has 42 heavy (non-hydrogen) atoms. The van der Waals surface area contributed by atoms with Crippen molar-refractivity contribution >= 4 is 41.4 Å². The molecular formula is C26H35F2N6O6PS. The molecule has 1 aromatic carbocycles. The number of fused-ring (bicyclic) bond motifs is 1. The molecule has 2 aromatic heterocycles. The van der Waals surface area contributed by atoms with E-state index < -0.39 is 55.2 Å². The first-order valence-electron chi connectivity index (χ1n) is 13.2. The number of nitrogens with one attached hydrogen (secondary N) is 1. The zero-order valence-corrected chi connectivity index (χ0v) is 26.0. The summed E-state index contributed by atoms with van der Waals surface area (Å²) in [4.78, 5) is 27.2. The summed E-state index contributed by atoms with van der Waals surface area (Å²) in [7, 11) is 3.52. The van der Waals surface area contributed by atoms with E-state index in [-0.39, 0.29) is 11.4 Å². The number of aryl methyl sites for hydroxylation is 1. The maximum Gasteiger partial charge on any atom is 0.323 e. The number of benzene rings is 1. The number of carbonyl (C=O) groups excluding carboxylic acids is 1. The van der Waals surface area contributed by atoms with Crippen molar-refractivity contribution in [2.45, 2.75) is 70.6 Å². The molecule has 0 radical (unpaired) electrons. The molecular weight excluding hydrogens is 593 g/mol. The van der Waals surface area contributed by atoms with E-state index in [0.29, 0.717) is 17.2 Å². The molecule has 0 amide bonds. The fourth-order valence-corrected chi connectivity index (χ4v) is 6.76. The van der Waals surface area contributed by atoms with Crippen molar-refractivity contribution in [3.05, 3.63) is 42.5 Å². The molecule has 0 unspecified atom stereocenters. The minimum atomic E-state index is -3.72. The number of hydrogen-bond acceptors (Lipinski definition) is 11. The number of nitrogens with zero attached hydrogens (tertiary/aromatic N) is 5. The molecule has 1 aliphatic heterocycles. The van der Waals surface area contributed by atoms with Crippen LogP contribution >= 0.6 is 6.64 Å². The van der Waals surface area contributed by atoms with E-state index in [2.05, 4.69) is 20.0 Å². The SMILES string of the molecule is Cc1nc(N(C)C)c2ncn([C@@H]3O[C@](F)(CO[P@](=S)(N[C@@H](C)C(=O)OC(C)C)Oc4ccccc4)[C@@H](O)[C@@]3(C)F)c2n1. The van der Waals surface area contributed by atoms with Gasteiger partial charge in [-0.3, -0.25) is 9.36 Å². The first-order valence-corrected chi connectivity index (χ1v) is 15.8. The van der Waals surface area contributed by atoms with Crippen molar-refractivity contribution in [3.63, 3.8) is 0 Å². The van der Waals surface area contributed by atoms with Gasteiger partial charge >= 0.3 is 12.6 Å². The Bertz CT molecular complexity index is 1480. The van der Waals surface area contributed by atoms with E-state index in [1.54, 1.807) is 70.1 Å². The maximum absolute atomic E-state index is 16.4. The Morgan fingerprint density at radius 2 is 1.93 bits per heavy atom. The fraction of sp³-hybridized carbons (Fsp3) is 0.538. The molecule has 3 heterocycles. The maximum atomic E-state index is 16.4. The van der Waals surface area contributed by atoms with Crippen LogP contribution in [0.2, 0.25) is 0 Å². The zero-order chi connectivity index (χ0) is 31.0. The van der Waals surface area contributed by atoms with Crippen molar-refractivity contribution in [2.24, 2.45) is 0 Å². The average molecular weight is 629 g/mol. The number of aliphatic hydroxyl groups excluding tert-OH is 1. The third kappa shape index (κ3) is 6.56. The van der Waals surface area contributed by atoms with Crippen LogP contribution in [0.15, 0.2) is 36.7 Å². The number of alkyl halides is 2. The quantitative estimate of drug-likeness (QED) is 0.237. The molecule has 0 saturated carbocycles. The summed E-state index contributed by atoms with van der Waals surface area (Å²) < 4.78 is 56.1. The normalized spacial score (nSPS) is 26.3. The summed E-state index contributed by atoms with van der Waals surface area (Å²) in [5.41, 5.74) is -2.13. The second kappa shape index (κ2) is 12.1. The second-order valence-electron chi connectivity index (χ2n) is 10.6. The Hall–Kier alpha value is -2.81. The summed E-state index contributed by atoms with van der Waals surface area (Å²) in [5, 5.41) is 13.7. The Morgan fingerprint density at radius 1 is 1.26 bits per heavy atom. The van der Waals surface area contributed by atoms with Gasteiger partial charge in [-0.05, 0) is 58.6 Å². The molecule has 1 aliphatic rings. The molecule has 0 spiro atoms. The lowest BCUT2D eigenvalue weighted by molar-refractivity contribution is -0.202. The number of anilines is 1. The third-order valence-electron chi connectivity index (χ3n) is 6.38. The van der Waals surface area contributed by atoms with Crippen molar-refractivity contribution < 1.29 is 37.2 Å². The standard InChI is InChI=1S/C26H35F2N6O6PS/c1-15(2)38-22(35)16(3)32-41(42,40-18-11-9-8-10-12-18)37-13-26(28)23(36)25(5,27)24(39-26)34-14-29-19-20(33(6)7)30-17(4)31-21(19)34/h8-12,14-16,23-24,36H,13H2,1-7H3,(H,32,42)/t16-,23-,24+,25+,26+,41+/m0/s1. The smallest absolute Gasteiger partial charge is 0.323 e. The molecule has 12 nitrogen and oxygen atoms in total. The number of aliphatic hydroxyl groups is 1. The van der Waals surface area contributed by atoms with Gasteiger partial charge in [-0.2, -0.15) is 0 Å². The highest BCUT2D eigenvalue weighted by atomic mass is 32.5. The number of para-hydroxylation sites is 1. The minimum Gasteiger partial charge on any atom is -0.462 e. The molecule has 0 bridgehead atoms. The van der Waals surface area contributed by atoms with Crippen LogP contribution in [-0.2, 0) is 30.6 Å². The van der Waals surface area contributed by atoms with Crippen molar-refractivity contribution in [3.8, 4) is 5.75 Å². The second-order valence-corrected chi connectivity index (χ2v) is 13.8. The van der Waals surface area contributed by atoms with Crippen LogP contribution in [0.1, 0.15) is 39.7 Å². The number of carbonyl (C=O) groups is 1. The average Bonchev–Trinajstić information content (AvgIpc) is 3.39. The van der Waals surface area contributed by atoms with Gasteiger partial charge in [-0.1, -0.05) is 18.2 Å². The number of imidazole rings is 1. The van der Waals surface area contributed by atoms with E-state index in [0.717, 1.165) is 6.92 Å². The van der Waals surface area contributed by atoms with Gasteiger partial charge in [0.05, 0.1) is 12.4 Å². The zero-order valence-electron chi connectivity index (χ0n) is 24.3. The summed E-state index contributed by atoms with van der Waals surface area (Å²) in [6.07, 6.45) is -3.14. The van der Waals surface area contributed by atoms with Crippen LogP contribution < -0.4 is 14.5 Å². The van der Waals surface area contributed by atoms with E-state index in [1.807, 2.05) is 0 Å². The van der Waals surface area contributed by atoms with Gasteiger partial charge in [0.2, 0.25) is 0 Å². The van der Waals surface area contributed by atoms with Crippen LogP contribution in [0.3, 0.4) is 0 Å². The highest BCUT2D eigenvalue weighted by molar-refractivity contribution is 8.09. The Morgan fingerprint density at radius 3 is 2.55 bits per heavy atom. The number of hydrogen-bond donors (Lipinski definition) is 2. The van der Waals surface area contributed by atoms with Gasteiger partial charge in [0.15, 0.2) is 35.0 Å². The van der Waals surface area contributed by atoms with Gasteiger partial charge in [-0.25, -0.2) is 28.8 Å². The highest BCUT2D eigenvalue weighted by Crippen LogP contribution is 2.52. The molecule has 2 N–H and O–H groups in total. The summed E-state index contributed by atoms with van der Waals surface area (Å²) >= 11 is 5.61. The van der Waals surface area contributed by atoms with Crippen LogP contribution in [-0.4, -0.2) is 81.1 Å². The number of rotatable bonds is 11. The van der Waals surface area contributed by atoms with Gasteiger partial charge in [0.1, 0.15) is 24.2 Å². The largest absolute Gasteiger partial charge is 0.462 e. The van der Waals surface area contributed by atoms with E-state index in [9.17, 15) is 9.90 Å². The Balaban J connectivity index is 1.62. The Labute approximate surface area is 247 Å². The van der Waals surface area contributed by atoms with Crippen LogP contribution in [0, 0.1) is 6.92 Å². The van der Waals surface area contributed by atoms with E-state index in [1.165, 1.54) is 17.8 Å². The molecule has 4 rings (SSSR count). The minimum absolute atomic E-state index is 0.189. The number of halogens is 2. The van der Waals surface area contributed by atoms with Gasteiger partial charge < -0.3 is 28.5 Å². The molecule has 16 heteroatoms. The summed E-state index contributed by atoms with van der Waals surface area (Å²) in [6, 6.07) is 7.32. The molecule has 1 fully saturated rings. The topological polar surface area (TPSA) is 133 Å². The van der Waals surface area contributed by atoms with E-state index in [4.69, 9.17) is 30.3 Å². The molecule has 230 valence electrons. The van der Waals surface area contributed by atoms with Crippen molar-refractivity contribution in [1.29, 1.82) is 0 Å². The molecule has 1 saturated heterocycles. The van der Waals surface area contributed by atoms with Crippen LogP contribution in [0.5, 0.6) is 5.75 Å². The number of aromatic nitrogens is 4. The van der Waals surface area contributed by atoms with Crippen molar-refractivity contribution in [2.75, 3.05) is 25.6 Å². The lowest BCUT2D eigenvalue weighted by Crippen LogP contribution is -2.47. The summed E-state index contributed by atoms with van der Waals surface area (Å²) in [6.45, 7) is 2.77. The lowest BCUT2D eigenvalue weighted by atomic mass is 9.97. The Kier molecular flexibility index (Phi) is 9.22. The molecule has 6 atom stereocenters. The fourth-order valence-electron chi connectivity index (χ4n) is 4.36. The predicted molar refractivity (Wildman–Crippen MR) is 155 cm³/mol. The molecule has 0 aliphatic carbocycles. The molecule has 3 aromatic rings. The predicted octanol–water partition coefficient (Wildman–Crippen LogP) is 3.73. The van der Waals surface area contributed by atoms with Crippen LogP contribution in [0.4, 0.5) is 14.6 Å². The first kappa shape index (κ1) is 32.1.